The van der Waals surface area contributed by atoms with Gasteiger partial charge < -0.3 is 10.6 Å². The van der Waals surface area contributed by atoms with Crippen molar-refractivity contribution in [3.8, 4) is 0 Å². The zero-order valence-corrected chi connectivity index (χ0v) is 11.4. The second-order valence-electron chi connectivity index (χ2n) is 4.68. The number of nitrogens with zero attached hydrogens (tertiary/aromatic N) is 2. The van der Waals surface area contributed by atoms with Crippen LogP contribution in [0.3, 0.4) is 0 Å². The lowest BCUT2D eigenvalue weighted by Gasteiger charge is -2.21. The van der Waals surface area contributed by atoms with Gasteiger partial charge in [-0.05, 0) is 36.6 Å². The lowest BCUT2D eigenvalue weighted by molar-refractivity contribution is 0.841. The fourth-order valence-corrected chi connectivity index (χ4v) is 2.17. The number of hydrogen-bond donors (Lipinski definition) is 1. The van der Waals surface area contributed by atoms with Gasteiger partial charge in [0.1, 0.15) is 5.82 Å². The number of nitrogens with two attached hydrogens (primary N) is 1. The Balaban J connectivity index is 2.01. The average molecular weight is 255 g/mol. The molecule has 3 heteroatoms. The van der Waals surface area contributed by atoms with E-state index in [4.69, 9.17) is 5.73 Å². The molecule has 0 radical (unpaired) electrons. The van der Waals surface area contributed by atoms with Crippen LogP contribution in [0.25, 0.3) is 0 Å². The van der Waals surface area contributed by atoms with Gasteiger partial charge in [-0.1, -0.05) is 36.4 Å². The van der Waals surface area contributed by atoms with Crippen LogP contribution in [0.5, 0.6) is 0 Å². The predicted octanol–water partition coefficient (Wildman–Crippen LogP) is 2.26. The quantitative estimate of drug-likeness (QED) is 0.861. The molecule has 0 saturated heterocycles. The fourth-order valence-electron chi connectivity index (χ4n) is 2.17. The van der Waals surface area contributed by atoms with Gasteiger partial charge >= 0.3 is 0 Å². The number of aromatic nitrogens is 1. The van der Waals surface area contributed by atoms with Crippen molar-refractivity contribution in [3.05, 3.63) is 59.8 Å². The molecule has 0 aliphatic rings. The van der Waals surface area contributed by atoms with E-state index in [1.807, 2.05) is 18.3 Å². The fraction of sp³-hybridized carbons (Fsp3) is 0.312. The third-order valence-electron chi connectivity index (χ3n) is 3.22. The van der Waals surface area contributed by atoms with Crippen molar-refractivity contribution in [1.29, 1.82) is 0 Å². The molecule has 2 N–H and O–H groups in total. The molecule has 1 heterocycles. The van der Waals surface area contributed by atoms with E-state index in [-0.39, 0.29) is 0 Å². The second kappa shape index (κ2) is 6.90. The minimum atomic E-state index is 0.658. The first-order chi connectivity index (χ1) is 9.31. The molecule has 0 aliphatic carbocycles. The van der Waals surface area contributed by atoms with Crippen LogP contribution in [0, 0.1) is 0 Å². The van der Waals surface area contributed by atoms with Crippen LogP contribution in [-0.4, -0.2) is 25.1 Å². The van der Waals surface area contributed by atoms with Crippen molar-refractivity contribution >= 4 is 5.82 Å². The number of likely N-dealkylation sites (N-methyl/N-ethyl adjacent to an activating group) is 1. The van der Waals surface area contributed by atoms with Crippen LogP contribution in [0.4, 0.5) is 5.82 Å². The Hall–Kier alpha value is -1.87. The van der Waals surface area contributed by atoms with E-state index in [0.29, 0.717) is 6.54 Å². The van der Waals surface area contributed by atoms with Crippen molar-refractivity contribution in [2.45, 2.75) is 12.8 Å². The first-order valence-corrected chi connectivity index (χ1v) is 6.70. The number of benzene rings is 1. The summed E-state index contributed by atoms with van der Waals surface area (Å²) in [5.41, 5.74) is 8.22. The highest BCUT2D eigenvalue weighted by Gasteiger charge is 2.07. The maximum atomic E-state index is 5.65. The molecular weight excluding hydrogens is 234 g/mol. The summed E-state index contributed by atoms with van der Waals surface area (Å²) in [5, 5.41) is 0. The van der Waals surface area contributed by atoms with E-state index < -0.39 is 0 Å². The predicted molar refractivity (Wildman–Crippen MR) is 80.4 cm³/mol. The average Bonchev–Trinajstić information content (AvgIpc) is 2.47. The van der Waals surface area contributed by atoms with Gasteiger partial charge in [0.15, 0.2) is 0 Å². The molecule has 0 unspecified atom stereocenters. The summed E-state index contributed by atoms with van der Waals surface area (Å²) in [4.78, 5) is 6.69. The monoisotopic (exact) mass is 255 g/mol. The number of pyridine rings is 1. The molecule has 0 aliphatic heterocycles. The maximum Gasteiger partial charge on any atom is 0.131 e. The number of hydrogen-bond acceptors (Lipinski definition) is 3. The zero-order valence-electron chi connectivity index (χ0n) is 11.4. The maximum absolute atomic E-state index is 5.65. The van der Waals surface area contributed by atoms with Gasteiger partial charge in [0.05, 0.1) is 0 Å². The van der Waals surface area contributed by atoms with Gasteiger partial charge in [-0.15, -0.1) is 0 Å². The third-order valence-corrected chi connectivity index (χ3v) is 3.22. The zero-order chi connectivity index (χ0) is 13.5. The SMILES string of the molecule is CN(CCc1ccccc1)c1ncccc1CCN. The second-order valence-corrected chi connectivity index (χ2v) is 4.68. The van der Waals surface area contributed by atoms with Crippen LogP contribution < -0.4 is 10.6 Å². The Labute approximate surface area is 115 Å². The van der Waals surface area contributed by atoms with Crippen molar-refractivity contribution in [2.75, 3.05) is 25.0 Å². The van der Waals surface area contributed by atoms with Gasteiger partial charge in [-0.25, -0.2) is 4.98 Å². The van der Waals surface area contributed by atoms with E-state index in [9.17, 15) is 0 Å². The molecule has 3 nitrogen and oxygen atoms in total. The molecule has 0 spiro atoms. The van der Waals surface area contributed by atoms with Gasteiger partial charge in [-0.3, -0.25) is 0 Å². The first-order valence-electron chi connectivity index (χ1n) is 6.70. The van der Waals surface area contributed by atoms with E-state index in [1.54, 1.807) is 0 Å². The Morgan fingerprint density at radius 1 is 1.05 bits per heavy atom. The Morgan fingerprint density at radius 2 is 1.84 bits per heavy atom. The van der Waals surface area contributed by atoms with E-state index >= 15 is 0 Å². The summed E-state index contributed by atoms with van der Waals surface area (Å²) in [6.07, 6.45) is 3.74. The Bertz CT molecular complexity index is 496. The lowest BCUT2D eigenvalue weighted by Crippen LogP contribution is -2.23. The highest BCUT2D eigenvalue weighted by Crippen LogP contribution is 2.16. The summed E-state index contributed by atoms with van der Waals surface area (Å²) in [6, 6.07) is 14.6. The van der Waals surface area contributed by atoms with Crippen molar-refractivity contribution in [2.24, 2.45) is 5.73 Å². The summed E-state index contributed by atoms with van der Waals surface area (Å²) in [7, 11) is 2.09. The molecular formula is C16H21N3. The summed E-state index contributed by atoms with van der Waals surface area (Å²) in [6.45, 7) is 1.61. The molecule has 0 fully saturated rings. The molecule has 0 amide bonds. The molecule has 0 bridgehead atoms. The Kier molecular flexibility index (Phi) is 4.93. The summed E-state index contributed by atoms with van der Waals surface area (Å²) >= 11 is 0. The van der Waals surface area contributed by atoms with Gasteiger partial charge in [-0.2, -0.15) is 0 Å². The molecule has 2 rings (SSSR count). The smallest absolute Gasteiger partial charge is 0.131 e. The topological polar surface area (TPSA) is 42.2 Å². The van der Waals surface area contributed by atoms with Crippen molar-refractivity contribution in [3.63, 3.8) is 0 Å². The van der Waals surface area contributed by atoms with Gasteiger partial charge in [0.25, 0.3) is 0 Å². The molecule has 100 valence electrons. The minimum absolute atomic E-state index is 0.658. The number of anilines is 1. The number of rotatable bonds is 6. The summed E-state index contributed by atoms with van der Waals surface area (Å²) in [5.74, 6) is 1.05. The van der Waals surface area contributed by atoms with E-state index in [2.05, 4.69) is 47.3 Å². The van der Waals surface area contributed by atoms with Crippen LogP contribution in [0.2, 0.25) is 0 Å². The lowest BCUT2D eigenvalue weighted by atomic mass is 10.1. The molecule has 0 atom stereocenters. The third kappa shape index (κ3) is 3.80. The van der Waals surface area contributed by atoms with Crippen molar-refractivity contribution < 1.29 is 0 Å². The normalized spacial score (nSPS) is 10.4. The van der Waals surface area contributed by atoms with Crippen LogP contribution in [0.15, 0.2) is 48.7 Å². The van der Waals surface area contributed by atoms with Gasteiger partial charge in [0, 0.05) is 19.8 Å². The highest BCUT2D eigenvalue weighted by molar-refractivity contribution is 5.46. The first kappa shape index (κ1) is 13.6. The van der Waals surface area contributed by atoms with E-state index in [1.165, 1.54) is 11.1 Å². The molecule has 19 heavy (non-hydrogen) atoms. The molecule has 0 saturated carbocycles. The highest BCUT2D eigenvalue weighted by atomic mass is 15.2. The van der Waals surface area contributed by atoms with Crippen LogP contribution in [0.1, 0.15) is 11.1 Å². The minimum Gasteiger partial charge on any atom is -0.359 e. The summed E-state index contributed by atoms with van der Waals surface area (Å²) < 4.78 is 0. The molecule has 1 aromatic heterocycles. The van der Waals surface area contributed by atoms with Crippen LogP contribution >= 0.6 is 0 Å². The molecule has 1 aromatic carbocycles. The van der Waals surface area contributed by atoms with E-state index in [0.717, 1.165) is 25.2 Å². The van der Waals surface area contributed by atoms with Crippen molar-refractivity contribution in [1.82, 2.24) is 4.98 Å². The van der Waals surface area contributed by atoms with Gasteiger partial charge in [0.2, 0.25) is 0 Å². The largest absolute Gasteiger partial charge is 0.359 e. The Morgan fingerprint density at radius 3 is 2.58 bits per heavy atom. The van der Waals surface area contributed by atoms with Crippen LogP contribution in [-0.2, 0) is 12.8 Å². The standard InChI is InChI=1S/C16H21N3/c1-19(13-10-14-6-3-2-4-7-14)16-15(9-11-17)8-5-12-18-16/h2-8,12H,9-11,13,17H2,1H3. The molecule has 2 aromatic rings.